The van der Waals surface area contributed by atoms with Crippen LogP contribution in [0.1, 0.15) is 20.8 Å². The van der Waals surface area contributed by atoms with Crippen LogP contribution < -0.4 is 0 Å². The van der Waals surface area contributed by atoms with E-state index in [0.717, 1.165) is 10.2 Å². The SMILES string of the molecule is CC(C)(C)C(O)CSc1cccc(Br)c1. The van der Waals surface area contributed by atoms with E-state index in [-0.39, 0.29) is 11.5 Å². The zero-order valence-corrected chi connectivity index (χ0v) is 11.7. The maximum Gasteiger partial charge on any atom is 0.0682 e. The molecule has 0 aliphatic rings. The number of halogens is 1. The van der Waals surface area contributed by atoms with E-state index in [0.29, 0.717) is 0 Å². The molecule has 1 aromatic carbocycles. The molecular formula is C12H17BrOS. The van der Waals surface area contributed by atoms with Gasteiger partial charge < -0.3 is 5.11 Å². The molecule has 3 heteroatoms. The third-order valence-corrected chi connectivity index (χ3v) is 3.77. The molecule has 1 N–H and O–H groups in total. The lowest BCUT2D eigenvalue weighted by molar-refractivity contribution is 0.0843. The Morgan fingerprint density at radius 3 is 2.60 bits per heavy atom. The Labute approximate surface area is 104 Å². The molecule has 1 nitrogen and oxygen atoms in total. The van der Waals surface area contributed by atoms with Crippen molar-refractivity contribution in [2.45, 2.75) is 31.8 Å². The molecule has 0 radical (unpaired) electrons. The summed E-state index contributed by atoms with van der Waals surface area (Å²) < 4.78 is 1.08. The van der Waals surface area contributed by atoms with Crippen LogP contribution in [0.5, 0.6) is 0 Å². The van der Waals surface area contributed by atoms with Gasteiger partial charge in [-0.2, -0.15) is 0 Å². The minimum Gasteiger partial charge on any atom is -0.392 e. The molecule has 0 aliphatic heterocycles. The predicted molar refractivity (Wildman–Crippen MR) is 70.3 cm³/mol. The molecule has 0 spiro atoms. The van der Waals surface area contributed by atoms with Gasteiger partial charge in [0.05, 0.1) is 6.10 Å². The van der Waals surface area contributed by atoms with Crippen molar-refractivity contribution in [3.05, 3.63) is 28.7 Å². The Balaban J connectivity index is 2.51. The third-order valence-electron chi connectivity index (χ3n) is 2.20. The van der Waals surface area contributed by atoms with Crippen LogP contribution in [-0.4, -0.2) is 17.0 Å². The molecule has 0 fully saturated rings. The van der Waals surface area contributed by atoms with Gasteiger partial charge in [0.1, 0.15) is 0 Å². The van der Waals surface area contributed by atoms with E-state index in [4.69, 9.17) is 0 Å². The minimum absolute atomic E-state index is 0.0426. The van der Waals surface area contributed by atoms with E-state index in [1.54, 1.807) is 11.8 Å². The highest BCUT2D eigenvalue weighted by molar-refractivity contribution is 9.10. The predicted octanol–water partition coefficient (Wildman–Crippen LogP) is 3.95. The Morgan fingerprint density at radius 1 is 1.40 bits per heavy atom. The minimum atomic E-state index is -0.276. The zero-order chi connectivity index (χ0) is 11.5. The molecule has 0 amide bonds. The number of rotatable bonds is 3. The molecule has 15 heavy (non-hydrogen) atoms. The number of aliphatic hydroxyl groups excluding tert-OH is 1. The van der Waals surface area contributed by atoms with Crippen LogP contribution in [-0.2, 0) is 0 Å². The van der Waals surface area contributed by atoms with E-state index in [9.17, 15) is 5.11 Å². The fourth-order valence-corrected chi connectivity index (χ4v) is 2.77. The molecule has 0 bridgehead atoms. The molecular weight excluding hydrogens is 272 g/mol. The summed E-state index contributed by atoms with van der Waals surface area (Å²) in [5.74, 6) is 0.736. The third kappa shape index (κ3) is 4.58. The van der Waals surface area contributed by atoms with Crippen LogP contribution in [0, 0.1) is 5.41 Å². The number of hydrogen-bond acceptors (Lipinski definition) is 2. The lowest BCUT2D eigenvalue weighted by Gasteiger charge is -2.25. The Bertz CT molecular complexity index is 320. The van der Waals surface area contributed by atoms with Crippen molar-refractivity contribution in [1.82, 2.24) is 0 Å². The van der Waals surface area contributed by atoms with Gasteiger partial charge in [-0.1, -0.05) is 42.8 Å². The van der Waals surface area contributed by atoms with Crippen molar-refractivity contribution in [2.24, 2.45) is 5.41 Å². The second-order valence-corrected chi connectivity index (χ2v) is 6.66. The van der Waals surface area contributed by atoms with Crippen molar-refractivity contribution in [3.8, 4) is 0 Å². The maximum absolute atomic E-state index is 9.88. The first-order valence-electron chi connectivity index (χ1n) is 4.96. The molecule has 84 valence electrons. The number of thioether (sulfide) groups is 1. The van der Waals surface area contributed by atoms with E-state index in [2.05, 4.69) is 48.8 Å². The normalized spacial score (nSPS) is 13.9. The van der Waals surface area contributed by atoms with Crippen LogP contribution >= 0.6 is 27.7 Å². The average molecular weight is 289 g/mol. The van der Waals surface area contributed by atoms with Gasteiger partial charge in [0.2, 0.25) is 0 Å². The number of aliphatic hydroxyl groups is 1. The van der Waals surface area contributed by atoms with E-state index >= 15 is 0 Å². The van der Waals surface area contributed by atoms with Gasteiger partial charge in [-0.3, -0.25) is 0 Å². The molecule has 0 aromatic heterocycles. The summed E-state index contributed by atoms with van der Waals surface area (Å²) in [6, 6.07) is 8.14. The summed E-state index contributed by atoms with van der Waals surface area (Å²) >= 11 is 5.12. The molecule has 1 aromatic rings. The fraction of sp³-hybridized carbons (Fsp3) is 0.500. The van der Waals surface area contributed by atoms with Gasteiger partial charge in [-0.25, -0.2) is 0 Å². The summed E-state index contributed by atoms with van der Waals surface area (Å²) in [6.45, 7) is 6.16. The Hall–Kier alpha value is 0.01000. The van der Waals surface area contributed by atoms with Gasteiger partial charge in [0.25, 0.3) is 0 Å². The number of hydrogen-bond donors (Lipinski definition) is 1. The van der Waals surface area contributed by atoms with Crippen LogP contribution in [0.2, 0.25) is 0 Å². The molecule has 1 unspecified atom stereocenters. The van der Waals surface area contributed by atoms with Crippen LogP contribution in [0.15, 0.2) is 33.6 Å². The highest BCUT2D eigenvalue weighted by Gasteiger charge is 2.21. The largest absolute Gasteiger partial charge is 0.392 e. The van der Waals surface area contributed by atoms with Crippen molar-refractivity contribution in [1.29, 1.82) is 0 Å². The van der Waals surface area contributed by atoms with E-state index in [1.807, 2.05) is 12.1 Å². The second-order valence-electron chi connectivity index (χ2n) is 4.65. The Kier molecular flexibility index (Phi) is 4.68. The zero-order valence-electron chi connectivity index (χ0n) is 9.33. The van der Waals surface area contributed by atoms with Crippen LogP contribution in [0.4, 0.5) is 0 Å². The second kappa shape index (κ2) is 5.37. The van der Waals surface area contributed by atoms with Crippen LogP contribution in [0.25, 0.3) is 0 Å². The summed E-state index contributed by atoms with van der Waals surface area (Å²) in [4.78, 5) is 1.19. The monoisotopic (exact) mass is 288 g/mol. The first kappa shape index (κ1) is 13.1. The average Bonchev–Trinajstić information content (AvgIpc) is 2.12. The summed E-state index contributed by atoms with van der Waals surface area (Å²) in [5.41, 5.74) is -0.0426. The molecule has 0 heterocycles. The summed E-state index contributed by atoms with van der Waals surface area (Å²) in [7, 11) is 0. The quantitative estimate of drug-likeness (QED) is 0.850. The highest BCUT2D eigenvalue weighted by atomic mass is 79.9. The van der Waals surface area contributed by atoms with Crippen molar-refractivity contribution < 1.29 is 5.11 Å². The molecule has 0 aliphatic carbocycles. The first-order chi connectivity index (χ1) is 6.89. The molecule has 0 saturated heterocycles. The van der Waals surface area contributed by atoms with Gasteiger partial charge in [0, 0.05) is 15.1 Å². The molecule has 1 rings (SSSR count). The fourth-order valence-electron chi connectivity index (χ4n) is 0.982. The lowest BCUT2D eigenvalue weighted by atomic mass is 9.90. The summed E-state index contributed by atoms with van der Waals surface area (Å²) in [5, 5.41) is 9.88. The molecule has 1 atom stereocenters. The highest BCUT2D eigenvalue weighted by Crippen LogP contribution is 2.27. The lowest BCUT2D eigenvalue weighted by Crippen LogP contribution is -2.28. The smallest absolute Gasteiger partial charge is 0.0682 e. The van der Waals surface area contributed by atoms with Gasteiger partial charge in [0.15, 0.2) is 0 Å². The van der Waals surface area contributed by atoms with Gasteiger partial charge >= 0.3 is 0 Å². The topological polar surface area (TPSA) is 20.2 Å². The molecule has 0 saturated carbocycles. The van der Waals surface area contributed by atoms with Gasteiger partial charge in [-0.05, 0) is 23.6 Å². The van der Waals surface area contributed by atoms with Gasteiger partial charge in [-0.15, -0.1) is 11.8 Å². The maximum atomic E-state index is 9.88. The van der Waals surface area contributed by atoms with E-state index < -0.39 is 0 Å². The van der Waals surface area contributed by atoms with Crippen LogP contribution in [0.3, 0.4) is 0 Å². The van der Waals surface area contributed by atoms with E-state index in [1.165, 1.54) is 4.90 Å². The summed E-state index contributed by atoms with van der Waals surface area (Å²) in [6.07, 6.45) is -0.276. The van der Waals surface area contributed by atoms with Crippen molar-refractivity contribution in [2.75, 3.05) is 5.75 Å². The first-order valence-corrected chi connectivity index (χ1v) is 6.74. The van der Waals surface area contributed by atoms with Crippen molar-refractivity contribution in [3.63, 3.8) is 0 Å². The Morgan fingerprint density at radius 2 is 2.07 bits per heavy atom. The number of benzene rings is 1. The van der Waals surface area contributed by atoms with Crippen molar-refractivity contribution >= 4 is 27.7 Å². The standard InChI is InChI=1S/C12H17BrOS/c1-12(2,3)11(14)8-15-10-6-4-5-9(13)7-10/h4-7,11,14H,8H2,1-3H3.